The molecule has 0 atom stereocenters. The number of benzene rings is 1. The van der Waals surface area contributed by atoms with Gasteiger partial charge in [-0.2, -0.15) is 0 Å². The number of methoxy groups -OCH3 is 1. The normalized spacial score (nSPS) is 10.2. The maximum absolute atomic E-state index is 11.9. The molecule has 0 aliphatic carbocycles. The van der Waals surface area contributed by atoms with Crippen molar-refractivity contribution >= 4 is 11.7 Å². The van der Waals surface area contributed by atoms with E-state index in [4.69, 9.17) is 15.2 Å². The Balaban J connectivity index is 1.98. The molecule has 5 heteroatoms. The minimum Gasteiger partial charge on any atom is -0.497 e. The van der Waals surface area contributed by atoms with Crippen LogP contribution in [0.15, 0.2) is 36.5 Å². The molecular formula is C14H16N2O3. The first-order chi connectivity index (χ1) is 9.10. The molecule has 0 spiro atoms. The van der Waals surface area contributed by atoms with Gasteiger partial charge in [0.25, 0.3) is 0 Å². The molecule has 0 radical (unpaired) electrons. The predicted molar refractivity (Wildman–Crippen MR) is 71.9 cm³/mol. The van der Waals surface area contributed by atoms with E-state index in [0.29, 0.717) is 11.4 Å². The standard InChI is InChI=1S/C14H16N2O3/c1-16-8-11(15)7-13(16)14(17)19-9-10-3-5-12(18-2)6-4-10/h3-8H,9,15H2,1-2H3. The second-order valence-electron chi connectivity index (χ2n) is 4.19. The number of aryl methyl sites for hydroxylation is 1. The van der Waals surface area contributed by atoms with Crippen LogP contribution in [0.2, 0.25) is 0 Å². The van der Waals surface area contributed by atoms with E-state index in [2.05, 4.69) is 0 Å². The summed E-state index contributed by atoms with van der Waals surface area (Å²) >= 11 is 0. The molecule has 0 amide bonds. The average molecular weight is 260 g/mol. The summed E-state index contributed by atoms with van der Waals surface area (Å²) in [5.74, 6) is 0.375. The highest BCUT2D eigenvalue weighted by molar-refractivity contribution is 5.89. The van der Waals surface area contributed by atoms with E-state index in [1.165, 1.54) is 0 Å². The number of ether oxygens (including phenoxy) is 2. The molecule has 19 heavy (non-hydrogen) atoms. The number of anilines is 1. The van der Waals surface area contributed by atoms with Gasteiger partial charge < -0.3 is 19.8 Å². The Morgan fingerprint density at radius 2 is 2.00 bits per heavy atom. The maximum atomic E-state index is 11.9. The highest BCUT2D eigenvalue weighted by Gasteiger charge is 2.12. The molecule has 0 saturated carbocycles. The van der Waals surface area contributed by atoms with Crippen LogP contribution in [0.1, 0.15) is 16.1 Å². The number of hydrogen-bond acceptors (Lipinski definition) is 4. The van der Waals surface area contributed by atoms with Crippen molar-refractivity contribution in [2.24, 2.45) is 7.05 Å². The molecular weight excluding hydrogens is 244 g/mol. The summed E-state index contributed by atoms with van der Waals surface area (Å²) in [7, 11) is 3.36. The Morgan fingerprint density at radius 3 is 2.53 bits per heavy atom. The van der Waals surface area contributed by atoms with Crippen molar-refractivity contribution in [3.8, 4) is 5.75 Å². The Kier molecular flexibility index (Phi) is 3.75. The van der Waals surface area contributed by atoms with Gasteiger partial charge in [-0.25, -0.2) is 4.79 Å². The number of aromatic nitrogens is 1. The molecule has 0 fully saturated rings. The fourth-order valence-electron chi connectivity index (χ4n) is 1.74. The molecule has 1 aromatic heterocycles. The van der Waals surface area contributed by atoms with E-state index in [0.717, 1.165) is 11.3 Å². The number of carbonyl (C=O) groups excluding carboxylic acids is 1. The number of carbonyl (C=O) groups is 1. The summed E-state index contributed by atoms with van der Waals surface area (Å²) in [4.78, 5) is 11.9. The number of nitrogens with zero attached hydrogens (tertiary/aromatic N) is 1. The van der Waals surface area contributed by atoms with Crippen LogP contribution in [0.3, 0.4) is 0 Å². The number of nitrogens with two attached hydrogens (primary N) is 1. The summed E-state index contributed by atoms with van der Waals surface area (Å²) in [5.41, 5.74) is 7.49. The molecule has 1 aromatic carbocycles. The van der Waals surface area contributed by atoms with Gasteiger partial charge in [0, 0.05) is 13.2 Å². The van der Waals surface area contributed by atoms with E-state index in [1.54, 1.807) is 31.0 Å². The van der Waals surface area contributed by atoms with Gasteiger partial charge >= 0.3 is 5.97 Å². The summed E-state index contributed by atoms with van der Waals surface area (Å²) in [6.45, 7) is 0.216. The van der Waals surface area contributed by atoms with Gasteiger partial charge in [-0.3, -0.25) is 0 Å². The second-order valence-corrected chi connectivity index (χ2v) is 4.19. The first-order valence-electron chi connectivity index (χ1n) is 5.82. The third-order valence-electron chi connectivity index (χ3n) is 2.76. The van der Waals surface area contributed by atoms with Crippen molar-refractivity contribution in [1.29, 1.82) is 0 Å². The predicted octanol–water partition coefficient (Wildman–Crippen LogP) is 1.97. The number of rotatable bonds is 4. The Morgan fingerprint density at radius 1 is 1.32 bits per heavy atom. The van der Waals surface area contributed by atoms with Gasteiger partial charge in [0.2, 0.25) is 0 Å². The zero-order valence-corrected chi connectivity index (χ0v) is 10.9. The molecule has 0 saturated heterocycles. The molecule has 0 bridgehead atoms. The fraction of sp³-hybridized carbons (Fsp3) is 0.214. The second kappa shape index (κ2) is 5.48. The highest BCUT2D eigenvalue weighted by Crippen LogP contribution is 2.14. The smallest absolute Gasteiger partial charge is 0.355 e. The van der Waals surface area contributed by atoms with Gasteiger partial charge in [-0.05, 0) is 23.8 Å². The highest BCUT2D eigenvalue weighted by atomic mass is 16.5. The molecule has 1 heterocycles. The summed E-state index contributed by atoms with van der Waals surface area (Å²) in [5, 5.41) is 0. The van der Waals surface area contributed by atoms with Crippen molar-refractivity contribution in [2.45, 2.75) is 6.61 Å². The first kappa shape index (κ1) is 13.0. The quantitative estimate of drug-likeness (QED) is 0.853. The number of esters is 1. The van der Waals surface area contributed by atoms with E-state index in [-0.39, 0.29) is 6.61 Å². The average Bonchev–Trinajstić information content (AvgIpc) is 2.75. The van der Waals surface area contributed by atoms with Crippen LogP contribution in [-0.2, 0) is 18.4 Å². The van der Waals surface area contributed by atoms with Gasteiger partial charge in [0.05, 0.1) is 12.8 Å². The van der Waals surface area contributed by atoms with Crippen LogP contribution in [0.25, 0.3) is 0 Å². The van der Waals surface area contributed by atoms with Crippen LogP contribution in [0.5, 0.6) is 5.75 Å². The van der Waals surface area contributed by atoms with Crippen LogP contribution in [0, 0.1) is 0 Å². The van der Waals surface area contributed by atoms with Crippen molar-refractivity contribution in [3.05, 3.63) is 47.8 Å². The lowest BCUT2D eigenvalue weighted by molar-refractivity contribution is 0.0461. The zero-order chi connectivity index (χ0) is 13.8. The molecule has 2 N–H and O–H groups in total. The van der Waals surface area contributed by atoms with E-state index in [9.17, 15) is 4.79 Å². The van der Waals surface area contributed by atoms with Crippen LogP contribution >= 0.6 is 0 Å². The van der Waals surface area contributed by atoms with Crippen molar-refractivity contribution in [2.75, 3.05) is 12.8 Å². The van der Waals surface area contributed by atoms with Crippen LogP contribution in [-0.4, -0.2) is 17.6 Å². The Labute approximate surface area is 111 Å². The topological polar surface area (TPSA) is 66.5 Å². The van der Waals surface area contributed by atoms with Crippen molar-refractivity contribution < 1.29 is 14.3 Å². The Hall–Kier alpha value is -2.43. The van der Waals surface area contributed by atoms with E-state index in [1.807, 2.05) is 24.3 Å². The largest absolute Gasteiger partial charge is 0.497 e. The lowest BCUT2D eigenvalue weighted by Gasteiger charge is -2.06. The summed E-state index contributed by atoms with van der Waals surface area (Å²) < 4.78 is 11.9. The van der Waals surface area contributed by atoms with Crippen molar-refractivity contribution in [3.63, 3.8) is 0 Å². The van der Waals surface area contributed by atoms with Gasteiger partial charge in [0.1, 0.15) is 18.1 Å². The molecule has 0 aliphatic rings. The third-order valence-corrected chi connectivity index (χ3v) is 2.76. The van der Waals surface area contributed by atoms with Crippen molar-refractivity contribution in [1.82, 2.24) is 4.57 Å². The molecule has 2 aromatic rings. The summed E-state index contributed by atoms with van der Waals surface area (Å²) in [6, 6.07) is 8.95. The van der Waals surface area contributed by atoms with Crippen LogP contribution in [0.4, 0.5) is 5.69 Å². The van der Waals surface area contributed by atoms with Gasteiger partial charge in [-0.15, -0.1) is 0 Å². The monoisotopic (exact) mass is 260 g/mol. The van der Waals surface area contributed by atoms with E-state index >= 15 is 0 Å². The summed E-state index contributed by atoms with van der Waals surface area (Å²) in [6.07, 6.45) is 1.67. The third kappa shape index (κ3) is 3.07. The lowest BCUT2D eigenvalue weighted by atomic mass is 10.2. The van der Waals surface area contributed by atoms with Crippen LogP contribution < -0.4 is 10.5 Å². The molecule has 2 rings (SSSR count). The zero-order valence-electron chi connectivity index (χ0n) is 10.9. The minimum atomic E-state index is -0.394. The Bertz CT molecular complexity index is 573. The fourth-order valence-corrected chi connectivity index (χ4v) is 1.74. The SMILES string of the molecule is COc1ccc(COC(=O)c2cc(N)cn2C)cc1. The molecule has 0 unspecified atom stereocenters. The first-order valence-corrected chi connectivity index (χ1v) is 5.82. The van der Waals surface area contributed by atoms with E-state index < -0.39 is 5.97 Å². The van der Waals surface area contributed by atoms with Gasteiger partial charge in [0.15, 0.2) is 0 Å². The molecule has 100 valence electrons. The van der Waals surface area contributed by atoms with Gasteiger partial charge in [-0.1, -0.05) is 12.1 Å². The number of hydrogen-bond donors (Lipinski definition) is 1. The molecule has 0 aliphatic heterocycles. The molecule has 5 nitrogen and oxygen atoms in total. The lowest BCUT2D eigenvalue weighted by Crippen LogP contribution is -2.09. The number of nitrogen functional groups attached to an aromatic ring is 1. The minimum absolute atomic E-state index is 0.216. The maximum Gasteiger partial charge on any atom is 0.355 e.